The number of likely N-dealkylation sites (N-methyl/N-ethyl adjacent to an activating group) is 1. The fourth-order valence-electron chi connectivity index (χ4n) is 12.4. The summed E-state index contributed by atoms with van der Waals surface area (Å²) in [6.45, 7) is 14.5. The lowest BCUT2D eigenvalue weighted by molar-refractivity contribution is -0.222. The Morgan fingerprint density at radius 1 is 0.860 bits per heavy atom. The molecule has 1 aromatic carbocycles. The summed E-state index contributed by atoms with van der Waals surface area (Å²) >= 11 is 0. The van der Waals surface area contributed by atoms with E-state index in [0.717, 1.165) is 32.4 Å². The highest BCUT2D eigenvalue weighted by atomic mass is 16.4. The number of carboxylic acid groups (broad SMARTS) is 1. The Labute approximate surface area is 260 Å². The van der Waals surface area contributed by atoms with Gasteiger partial charge in [0.2, 0.25) is 5.91 Å². The summed E-state index contributed by atoms with van der Waals surface area (Å²) in [4.78, 5) is 27.5. The molecule has 4 saturated carbocycles. The van der Waals surface area contributed by atoms with Gasteiger partial charge in [-0.15, -0.1) is 0 Å². The molecule has 6 rings (SSSR count). The van der Waals surface area contributed by atoms with Crippen molar-refractivity contribution in [1.29, 1.82) is 0 Å². The van der Waals surface area contributed by atoms with Crippen molar-refractivity contribution < 1.29 is 14.7 Å². The zero-order valence-electron chi connectivity index (χ0n) is 27.9. The zero-order valence-corrected chi connectivity index (χ0v) is 27.9. The standard InChI is InChI=1S/C38H56N2O3/c1-34(2)27(25-10-12-26(13-11-25)32(41)42)16-19-35(3)30(34)17-20-37(5)31(35)15-14-28-29-9-8-18-38(29,22-21-36(28,37)4)33(43)39-23-24-40(6)7/h10-13,16,28-31H,8-9,14-15,17-24H2,1-7H3,(H,39,43)(H,41,42)/t28?,29?,30?,31?,35?,36-,37?,38?/m1/s1. The van der Waals surface area contributed by atoms with Crippen LogP contribution in [-0.4, -0.2) is 49.1 Å². The number of nitrogens with zero attached hydrogens (tertiary/aromatic N) is 1. The fourth-order valence-corrected chi connectivity index (χ4v) is 12.4. The van der Waals surface area contributed by atoms with E-state index >= 15 is 0 Å². The maximum atomic E-state index is 13.9. The SMILES string of the molecule is CN(C)CCNC(=O)C12CCCC1C1CCC3C4(C)CC=C(c5ccc(C(=O)O)cc5)C(C)(C)C4CCC3(C)[C@]1(C)CC2. The van der Waals surface area contributed by atoms with E-state index in [0.29, 0.717) is 35.1 Å². The number of rotatable bonds is 6. The molecule has 0 spiro atoms. The molecule has 1 aromatic rings. The Morgan fingerprint density at radius 2 is 1.58 bits per heavy atom. The van der Waals surface area contributed by atoms with E-state index in [-0.39, 0.29) is 27.1 Å². The first-order chi connectivity index (χ1) is 20.2. The van der Waals surface area contributed by atoms with Crippen molar-refractivity contribution in [1.82, 2.24) is 10.2 Å². The van der Waals surface area contributed by atoms with Crippen LogP contribution in [0.4, 0.5) is 0 Å². The van der Waals surface area contributed by atoms with Gasteiger partial charge in [0.05, 0.1) is 11.0 Å². The highest BCUT2D eigenvalue weighted by molar-refractivity contribution is 5.88. The van der Waals surface area contributed by atoms with Gasteiger partial charge in [-0.25, -0.2) is 4.79 Å². The number of aromatic carboxylic acids is 1. The van der Waals surface area contributed by atoms with Crippen LogP contribution in [0, 0.1) is 50.7 Å². The number of fused-ring (bicyclic) bond motifs is 7. The molecule has 5 aliphatic rings. The molecule has 5 heteroatoms. The quantitative estimate of drug-likeness (QED) is 0.354. The minimum Gasteiger partial charge on any atom is -0.478 e. The third kappa shape index (κ3) is 4.41. The summed E-state index contributed by atoms with van der Waals surface area (Å²) in [5.74, 6) is 1.92. The molecular formula is C38H56N2O3. The van der Waals surface area contributed by atoms with Crippen molar-refractivity contribution >= 4 is 17.4 Å². The van der Waals surface area contributed by atoms with Crippen molar-refractivity contribution in [3.05, 3.63) is 41.5 Å². The summed E-state index contributed by atoms with van der Waals surface area (Å²) in [7, 11) is 4.15. The smallest absolute Gasteiger partial charge is 0.335 e. The number of benzene rings is 1. The molecule has 7 unspecified atom stereocenters. The van der Waals surface area contributed by atoms with Crippen LogP contribution >= 0.6 is 0 Å². The number of nitrogens with one attached hydrogen (secondary N) is 1. The van der Waals surface area contributed by atoms with Crippen molar-refractivity contribution in [2.24, 2.45) is 50.7 Å². The first-order valence-corrected chi connectivity index (χ1v) is 17.2. The normalized spacial score (nSPS) is 41.3. The first kappa shape index (κ1) is 30.9. The van der Waals surface area contributed by atoms with Crippen LogP contribution in [0.25, 0.3) is 5.57 Å². The van der Waals surface area contributed by atoms with Crippen LogP contribution in [0.5, 0.6) is 0 Å². The van der Waals surface area contributed by atoms with Crippen molar-refractivity contribution in [2.75, 3.05) is 27.2 Å². The van der Waals surface area contributed by atoms with E-state index in [2.05, 4.69) is 65.0 Å². The van der Waals surface area contributed by atoms with Crippen molar-refractivity contribution in [3.8, 4) is 0 Å². The second-order valence-electron chi connectivity index (χ2n) is 16.8. The summed E-state index contributed by atoms with van der Waals surface area (Å²) in [5, 5.41) is 12.8. The third-order valence-electron chi connectivity index (χ3n) is 14.7. The molecule has 5 nitrogen and oxygen atoms in total. The van der Waals surface area contributed by atoms with Crippen LogP contribution in [-0.2, 0) is 4.79 Å². The van der Waals surface area contributed by atoms with Crippen molar-refractivity contribution in [3.63, 3.8) is 0 Å². The molecule has 2 N–H and O–H groups in total. The van der Waals surface area contributed by atoms with E-state index in [9.17, 15) is 14.7 Å². The van der Waals surface area contributed by atoms with E-state index in [1.54, 1.807) is 12.1 Å². The second-order valence-corrected chi connectivity index (χ2v) is 16.8. The highest BCUT2D eigenvalue weighted by Gasteiger charge is 2.70. The molecule has 0 aromatic heterocycles. The Morgan fingerprint density at radius 3 is 2.26 bits per heavy atom. The second kappa shape index (κ2) is 10.5. The Balaban J connectivity index is 1.28. The maximum Gasteiger partial charge on any atom is 0.335 e. The molecule has 0 radical (unpaired) electrons. The van der Waals surface area contributed by atoms with Gasteiger partial charge in [0, 0.05) is 13.1 Å². The van der Waals surface area contributed by atoms with Gasteiger partial charge in [-0.1, -0.05) is 59.2 Å². The molecule has 43 heavy (non-hydrogen) atoms. The third-order valence-corrected chi connectivity index (χ3v) is 14.7. The van der Waals surface area contributed by atoms with Crippen LogP contribution < -0.4 is 5.32 Å². The molecule has 4 fully saturated rings. The van der Waals surface area contributed by atoms with Gasteiger partial charge >= 0.3 is 5.97 Å². The lowest BCUT2D eigenvalue weighted by Gasteiger charge is -2.72. The molecule has 5 aliphatic carbocycles. The Hall–Kier alpha value is -2.14. The average molecular weight is 589 g/mol. The van der Waals surface area contributed by atoms with E-state index in [1.807, 2.05) is 12.1 Å². The minimum absolute atomic E-state index is 0.0225. The van der Waals surface area contributed by atoms with Crippen molar-refractivity contribution in [2.45, 2.75) is 98.8 Å². The number of carbonyl (C=O) groups excluding carboxylic acids is 1. The number of carbonyl (C=O) groups is 2. The monoisotopic (exact) mass is 588 g/mol. The molecule has 1 amide bonds. The summed E-state index contributed by atoms with van der Waals surface area (Å²) in [6.07, 6.45) is 14.4. The predicted octanol–water partition coefficient (Wildman–Crippen LogP) is 7.91. The largest absolute Gasteiger partial charge is 0.478 e. The minimum atomic E-state index is -0.866. The predicted molar refractivity (Wildman–Crippen MR) is 174 cm³/mol. The number of amides is 1. The lowest BCUT2D eigenvalue weighted by Crippen LogP contribution is -2.65. The average Bonchev–Trinajstić information content (AvgIpc) is 3.38. The molecule has 0 aliphatic heterocycles. The Kier molecular flexibility index (Phi) is 7.51. The topological polar surface area (TPSA) is 69.6 Å². The van der Waals surface area contributed by atoms with E-state index < -0.39 is 5.97 Å². The van der Waals surface area contributed by atoms with Gasteiger partial charge in [-0.05, 0) is 140 Å². The molecule has 0 heterocycles. The van der Waals surface area contributed by atoms with Gasteiger partial charge in [0.25, 0.3) is 0 Å². The number of hydrogen-bond donors (Lipinski definition) is 2. The van der Waals surface area contributed by atoms with Crippen LogP contribution in [0.1, 0.15) is 115 Å². The molecular weight excluding hydrogens is 532 g/mol. The first-order valence-electron chi connectivity index (χ1n) is 17.2. The number of hydrogen-bond acceptors (Lipinski definition) is 3. The van der Waals surface area contributed by atoms with Gasteiger partial charge in [0.15, 0.2) is 0 Å². The van der Waals surface area contributed by atoms with Gasteiger partial charge in [0.1, 0.15) is 0 Å². The van der Waals surface area contributed by atoms with Gasteiger partial charge in [-0.3, -0.25) is 4.79 Å². The number of carboxylic acids is 1. The zero-order chi connectivity index (χ0) is 31.0. The molecule has 8 atom stereocenters. The van der Waals surface area contributed by atoms with E-state index in [4.69, 9.17) is 0 Å². The molecule has 236 valence electrons. The van der Waals surface area contributed by atoms with Crippen LogP contribution in [0.15, 0.2) is 30.3 Å². The number of allylic oxidation sites excluding steroid dienone is 2. The summed E-state index contributed by atoms with van der Waals surface area (Å²) in [5.41, 5.74) is 3.58. The summed E-state index contributed by atoms with van der Waals surface area (Å²) < 4.78 is 0. The Bertz CT molecular complexity index is 1300. The van der Waals surface area contributed by atoms with Gasteiger partial charge < -0.3 is 15.3 Å². The fraction of sp³-hybridized carbons (Fsp3) is 0.737. The van der Waals surface area contributed by atoms with Crippen LogP contribution in [0.3, 0.4) is 0 Å². The van der Waals surface area contributed by atoms with Crippen LogP contribution in [0.2, 0.25) is 0 Å². The molecule has 0 saturated heterocycles. The van der Waals surface area contributed by atoms with E-state index in [1.165, 1.54) is 56.1 Å². The maximum absolute atomic E-state index is 13.9. The lowest BCUT2D eigenvalue weighted by atomic mass is 9.32. The molecule has 0 bridgehead atoms. The summed E-state index contributed by atoms with van der Waals surface area (Å²) in [6, 6.07) is 7.56. The highest BCUT2D eigenvalue weighted by Crippen LogP contribution is 2.77. The van der Waals surface area contributed by atoms with Gasteiger partial charge in [-0.2, -0.15) is 0 Å².